The van der Waals surface area contributed by atoms with E-state index in [2.05, 4.69) is 37.8 Å². The highest BCUT2D eigenvalue weighted by atomic mass is 15.1. The molecule has 1 aliphatic rings. The Morgan fingerprint density at radius 1 is 1.38 bits per heavy atom. The molecule has 3 rings (SSSR count). The molecule has 0 spiro atoms. The Morgan fingerprint density at radius 2 is 2.24 bits per heavy atom. The number of hydrogen-bond donors (Lipinski definition) is 1. The lowest BCUT2D eigenvalue weighted by molar-refractivity contribution is 0.410. The average Bonchev–Trinajstić information content (AvgIpc) is 2.89. The second-order valence-corrected chi connectivity index (χ2v) is 5.96. The first kappa shape index (κ1) is 14.0. The molecule has 112 valence electrons. The normalized spacial score (nSPS) is 16.5. The van der Waals surface area contributed by atoms with Gasteiger partial charge in [-0.25, -0.2) is 15.0 Å². The molecule has 1 aliphatic carbocycles. The topological polar surface area (TPSA) is 55.6 Å². The summed E-state index contributed by atoms with van der Waals surface area (Å²) >= 11 is 0. The molecule has 2 aromatic heterocycles. The highest BCUT2D eigenvalue weighted by Gasteiger charge is 2.21. The number of aryl methyl sites for hydroxylation is 1. The van der Waals surface area contributed by atoms with Crippen LogP contribution in [0, 0.1) is 6.92 Å². The van der Waals surface area contributed by atoms with Gasteiger partial charge in [0, 0.05) is 42.3 Å². The minimum atomic E-state index is 0.427. The molecule has 0 amide bonds. The third-order valence-corrected chi connectivity index (χ3v) is 4.28. The maximum atomic E-state index is 4.67. The van der Waals surface area contributed by atoms with E-state index in [4.69, 9.17) is 0 Å². The zero-order valence-electron chi connectivity index (χ0n) is 12.8. The van der Waals surface area contributed by atoms with E-state index in [-0.39, 0.29) is 0 Å². The largest absolute Gasteiger partial charge is 0.354 e. The third-order valence-electron chi connectivity index (χ3n) is 4.28. The summed E-state index contributed by atoms with van der Waals surface area (Å²) < 4.78 is 2.12. The molecule has 1 N–H and O–H groups in total. The first-order valence-corrected chi connectivity index (χ1v) is 7.79. The minimum Gasteiger partial charge on any atom is -0.354 e. The second-order valence-electron chi connectivity index (χ2n) is 5.96. The molecule has 0 unspecified atom stereocenters. The van der Waals surface area contributed by atoms with Crippen molar-refractivity contribution in [3.8, 4) is 0 Å². The minimum absolute atomic E-state index is 0.427. The van der Waals surface area contributed by atoms with Crippen LogP contribution in [0.5, 0.6) is 0 Å². The van der Waals surface area contributed by atoms with Gasteiger partial charge in [-0.15, -0.1) is 0 Å². The number of rotatable bonds is 6. The van der Waals surface area contributed by atoms with Crippen molar-refractivity contribution in [2.75, 3.05) is 11.9 Å². The average molecular weight is 285 g/mol. The molecule has 0 aliphatic heterocycles. The van der Waals surface area contributed by atoms with E-state index >= 15 is 0 Å². The highest BCUT2D eigenvalue weighted by molar-refractivity contribution is 5.29. The fourth-order valence-electron chi connectivity index (χ4n) is 2.66. The molecule has 0 radical (unpaired) electrons. The van der Waals surface area contributed by atoms with Crippen molar-refractivity contribution >= 4 is 5.95 Å². The van der Waals surface area contributed by atoms with E-state index < -0.39 is 0 Å². The smallest absolute Gasteiger partial charge is 0.223 e. The number of nitrogens with zero attached hydrogens (tertiary/aromatic N) is 4. The summed E-state index contributed by atoms with van der Waals surface area (Å²) in [6.07, 6.45) is 10.6. The van der Waals surface area contributed by atoms with Crippen molar-refractivity contribution in [2.45, 2.75) is 51.5 Å². The molecule has 2 heterocycles. The molecule has 5 heteroatoms. The van der Waals surface area contributed by atoms with E-state index in [9.17, 15) is 0 Å². The summed E-state index contributed by atoms with van der Waals surface area (Å²) in [5.41, 5.74) is 2.26. The molecule has 21 heavy (non-hydrogen) atoms. The van der Waals surface area contributed by atoms with Crippen LogP contribution in [0.2, 0.25) is 0 Å². The molecule has 2 aromatic rings. The van der Waals surface area contributed by atoms with Crippen molar-refractivity contribution < 1.29 is 0 Å². The van der Waals surface area contributed by atoms with E-state index in [0.29, 0.717) is 12.0 Å². The number of imidazole rings is 1. The standard InChI is InChI=1S/C16H23N5/c1-12-10-15(14-4-3-5-14)20-16(19-12)18-7-6-13(2)21-9-8-17-11-21/h8-11,13-14H,3-7H2,1-2H3,(H,18,19,20)/t13-/m0/s1. The van der Waals surface area contributed by atoms with Crippen LogP contribution < -0.4 is 5.32 Å². The molecule has 0 bridgehead atoms. The zero-order valence-corrected chi connectivity index (χ0v) is 12.8. The van der Waals surface area contributed by atoms with Gasteiger partial charge < -0.3 is 9.88 Å². The molecule has 0 saturated heterocycles. The van der Waals surface area contributed by atoms with Crippen LogP contribution in [0.3, 0.4) is 0 Å². The van der Waals surface area contributed by atoms with E-state index in [0.717, 1.165) is 24.6 Å². The number of aromatic nitrogens is 4. The zero-order chi connectivity index (χ0) is 14.7. The van der Waals surface area contributed by atoms with Crippen molar-refractivity contribution in [1.82, 2.24) is 19.5 Å². The number of anilines is 1. The highest BCUT2D eigenvalue weighted by Crippen LogP contribution is 2.35. The maximum Gasteiger partial charge on any atom is 0.223 e. The van der Waals surface area contributed by atoms with Crippen LogP contribution in [-0.2, 0) is 0 Å². The van der Waals surface area contributed by atoms with Crippen LogP contribution in [0.1, 0.15) is 56.0 Å². The lowest BCUT2D eigenvalue weighted by Crippen LogP contribution is -2.15. The summed E-state index contributed by atoms with van der Waals surface area (Å²) in [4.78, 5) is 13.3. The molecule has 5 nitrogen and oxygen atoms in total. The SMILES string of the molecule is Cc1cc(C2CCC2)nc(NCC[C@H](C)n2ccnc2)n1. The van der Waals surface area contributed by atoms with Gasteiger partial charge >= 0.3 is 0 Å². The first-order chi connectivity index (χ1) is 10.2. The van der Waals surface area contributed by atoms with E-state index in [1.807, 2.05) is 25.6 Å². The fourth-order valence-corrected chi connectivity index (χ4v) is 2.66. The second kappa shape index (κ2) is 6.24. The summed E-state index contributed by atoms with van der Waals surface area (Å²) in [5, 5.41) is 3.37. The van der Waals surface area contributed by atoms with Gasteiger partial charge in [-0.2, -0.15) is 0 Å². The van der Waals surface area contributed by atoms with E-state index in [1.165, 1.54) is 25.0 Å². The van der Waals surface area contributed by atoms with Gasteiger partial charge in [0.25, 0.3) is 0 Å². The van der Waals surface area contributed by atoms with Crippen LogP contribution in [0.25, 0.3) is 0 Å². The molecule has 1 fully saturated rings. The summed E-state index contributed by atoms with van der Waals surface area (Å²) in [6, 6.07) is 2.55. The molecular weight excluding hydrogens is 262 g/mol. The van der Waals surface area contributed by atoms with Crippen LogP contribution in [-0.4, -0.2) is 26.1 Å². The van der Waals surface area contributed by atoms with Crippen molar-refractivity contribution in [1.29, 1.82) is 0 Å². The lowest BCUT2D eigenvalue weighted by Gasteiger charge is -2.25. The molecule has 1 saturated carbocycles. The van der Waals surface area contributed by atoms with Crippen LogP contribution >= 0.6 is 0 Å². The third kappa shape index (κ3) is 3.40. The Bertz CT molecular complexity index is 574. The van der Waals surface area contributed by atoms with E-state index in [1.54, 1.807) is 0 Å². The Balaban J connectivity index is 1.56. The van der Waals surface area contributed by atoms with Gasteiger partial charge in [-0.3, -0.25) is 0 Å². The number of nitrogens with one attached hydrogen (secondary N) is 1. The van der Waals surface area contributed by atoms with Crippen molar-refractivity contribution in [3.05, 3.63) is 36.2 Å². The van der Waals surface area contributed by atoms with Gasteiger partial charge in [0.15, 0.2) is 0 Å². The molecule has 1 atom stereocenters. The van der Waals surface area contributed by atoms with Gasteiger partial charge in [0.1, 0.15) is 0 Å². The van der Waals surface area contributed by atoms with Gasteiger partial charge in [-0.05, 0) is 39.2 Å². The fraction of sp³-hybridized carbons (Fsp3) is 0.562. The van der Waals surface area contributed by atoms with Gasteiger partial charge in [-0.1, -0.05) is 6.42 Å². The van der Waals surface area contributed by atoms with Crippen LogP contribution in [0.15, 0.2) is 24.8 Å². The van der Waals surface area contributed by atoms with Crippen LogP contribution in [0.4, 0.5) is 5.95 Å². The monoisotopic (exact) mass is 285 g/mol. The quantitative estimate of drug-likeness (QED) is 0.884. The summed E-state index contributed by atoms with van der Waals surface area (Å²) in [6.45, 7) is 5.11. The maximum absolute atomic E-state index is 4.67. The van der Waals surface area contributed by atoms with Crippen molar-refractivity contribution in [2.24, 2.45) is 0 Å². The van der Waals surface area contributed by atoms with Gasteiger partial charge in [0.2, 0.25) is 5.95 Å². The number of hydrogen-bond acceptors (Lipinski definition) is 4. The van der Waals surface area contributed by atoms with Crippen molar-refractivity contribution in [3.63, 3.8) is 0 Å². The summed E-state index contributed by atoms with van der Waals surface area (Å²) in [7, 11) is 0. The predicted octanol–water partition coefficient (Wildman–Crippen LogP) is 3.31. The molecule has 0 aromatic carbocycles. The Hall–Kier alpha value is -1.91. The summed E-state index contributed by atoms with van der Waals surface area (Å²) in [5.74, 6) is 1.42. The Morgan fingerprint density at radius 3 is 2.90 bits per heavy atom. The molecular formula is C16H23N5. The lowest BCUT2D eigenvalue weighted by atomic mass is 9.83. The Labute approximate surface area is 125 Å². The van der Waals surface area contributed by atoms with Gasteiger partial charge in [0.05, 0.1) is 6.33 Å². The predicted molar refractivity (Wildman–Crippen MR) is 83.4 cm³/mol. The first-order valence-electron chi connectivity index (χ1n) is 7.79. The Kier molecular flexibility index (Phi) is 4.18.